The smallest absolute Gasteiger partial charge is 0.324 e. The van der Waals surface area contributed by atoms with Crippen LogP contribution >= 0.6 is 11.3 Å². The number of benzene rings is 1. The van der Waals surface area contributed by atoms with Crippen molar-refractivity contribution in [2.24, 2.45) is 11.1 Å². The Balaban J connectivity index is 1.12. The summed E-state index contributed by atoms with van der Waals surface area (Å²) in [5.41, 5.74) is 7.98. The Labute approximate surface area is 227 Å². The van der Waals surface area contributed by atoms with Crippen LogP contribution < -0.4 is 21.1 Å². The molecular weight excluding hydrogens is 518 g/mol. The lowest BCUT2D eigenvalue weighted by Gasteiger charge is -2.12. The van der Waals surface area contributed by atoms with Crippen molar-refractivity contribution in [2.75, 3.05) is 17.2 Å². The Morgan fingerprint density at radius 2 is 1.90 bits per heavy atom. The second-order valence-corrected chi connectivity index (χ2v) is 11.7. The number of hydrogen-bond donors (Lipinski definition) is 3. The summed E-state index contributed by atoms with van der Waals surface area (Å²) in [4.78, 5) is 34.9. The number of pyridine rings is 1. The van der Waals surface area contributed by atoms with E-state index in [9.17, 15) is 9.59 Å². The summed E-state index contributed by atoms with van der Waals surface area (Å²) in [5.74, 6) is 1.18. The van der Waals surface area contributed by atoms with Gasteiger partial charge in [-0.3, -0.25) is 14.5 Å². The number of rotatable bonds is 7. The summed E-state index contributed by atoms with van der Waals surface area (Å²) in [6.45, 7) is 6.27. The molecule has 0 bridgehead atoms. The number of nitrogens with two attached hydrogens (primary N) is 1. The maximum atomic E-state index is 12.4. The topological polar surface area (TPSA) is 150 Å². The number of primary amides is 1. The molecule has 4 heterocycles. The van der Waals surface area contributed by atoms with Crippen molar-refractivity contribution in [2.45, 2.75) is 39.0 Å². The lowest BCUT2D eigenvalue weighted by Crippen LogP contribution is -2.30. The number of carbonyl (C=O) groups excluding carboxylic acids is 2. The number of urea groups is 1. The minimum atomic E-state index is -0.544. The van der Waals surface area contributed by atoms with Gasteiger partial charge < -0.3 is 20.3 Å². The number of nitrogens with one attached hydrogen (secondary N) is 2. The zero-order valence-corrected chi connectivity index (χ0v) is 22.5. The molecule has 12 heteroatoms. The number of nitrogens with zero attached hydrogens (tertiary/aromatic N) is 4. The van der Waals surface area contributed by atoms with Crippen LogP contribution in [0.25, 0.3) is 26.6 Å². The fourth-order valence-electron chi connectivity index (χ4n) is 4.10. The van der Waals surface area contributed by atoms with Crippen LogP contribution in [0.15, 0.2) is 53.2 Å². The highest BCUT2D eigenvalue weighted by atomic mass is 32.1. The van der Waals surface area contributed by atoms with E-state index in [2.05, 4.69) is 20.8 Å². The van der Waals surface area contributed by atoms with Gasteiger partial charge in [-0.1, -0.05) is 49.4 Å². The zero-order valence-electron chi connectivity index (χ0n) is 21.6. The van der Waals surface area contributed by atoms with Gasteiger partial charge in [0, 0.05) is 35.0 Å². The summed E-state index contributed by atoms with van der Waals surface area (Å²) in [6, 6.07) is 12.4. The number of thiazole rings is 1. The molecule has 5 aromatic rings. The van der Waals surface area contributed by atoms with Crippen molar-refractivity contribution in [3.05, 3.63) is 54.4 Å². The van der Waals surface area contributed by atoms with Crippen molar-refractivity contribution in [1.82, 2.24) is 19.5 Å². The van der Waals surface area contributed by atoms with Gasteiger partial charge in [0.15, 0.2) is 10.8 Å². The van der Waals surface area contributed by atoms with Gasteiger partial charge >= 0.3 is 6.03 Å². The van der Waals surface area contributed by atoms with Gasteiger partial charge in [0.1, 0.15) is 17.2 Å². The molecule has 4 N–H and O–H groups in total. The Morgan fingerprint density at radius 3 is 2.56 bits per heavy atom. The second-order valence-electron chi connectivity index (χ2n) is 10.8. The van der Waals surface area contributed by atoms with Crippen LogP contribution in [0.2, 0.25) is 0 Å². The predicted octanol–water partition coefficient (Wildman–Crippen LogP) is 5.18. The van der Waals surface area contributed by atoms with E-state index in [0.29, 0.717) is 23.1 Å². The Kier molecular flexibility index (Phi) is 5.79. The van der Waals surface area contributed by atoms with E-state index in [1.54, 1.807) is 12.1 Å². The quantitative estimate of drug-likeness (QED) is 0.255. The van der Waals surface area contributed by atoms with Crippen molar-refractivity contribution in [1.29, 1.82) is 0 Å². The summed E-state index contributed by atoms with van der Waals surface area (Å²) in [7, 11) is 0. The number of hydrogen-bond acceptors (Lipinski definition) is 8. The number of anilines is 2. The molecule has 0 radical (unpaired) electrons. The number of aromatic nitrogens is 4. The molecule has 0 aliphatic heterocycles. The average Bonchev–Trinajstić information content (AvgIpc) is 3.18. The van der Waals surface area contributed by atoms with Crippen LogP contribution in [-0.2, 0) is 10.2 Å². The van der Waals surface area contributed by atoms with Gasteiger partial charge in [-0.15, -0.1) is 0 Å². The van der Waals surface area contributed by atoms with Crippen LogP contribution in [0.1, 0.15) is 39.4 Å². The van der Waals surface area contributed by atoms with Crippen LogP contribution in [0, 0.1) is 5.41 Å². The maximum Gasteiger partial charge on any atom is 0.324 e. The van der Waals surface area contributed by atoms with E-state index in [0.717, 1.165) is 39.4 Å². The first-order valence-corrected chi connectivity index (χ1v) is 13.3. The molecule has 0 saturated heterocycles. The molecule has 1 fully saturated rings. The second kappa shape index (κ2) is 9.09. The highest BCUT2D eigenvalue weighted by Crippen LogP contribution is 2.45. The summed E-state index contributed by atoms with van der Waals surface area (Å²) >= 11 is 1.45. The maximum absolute atomic E-state index is 12.4. The minimum absolute atomic E-state index is 0.201. The Bertz CT molecular complexity index is 1710. The molecule has 11 nitrogen and oxygen atoms in total. The van der Waals surface area contributed by atoms with Gasteiger partial charge in [0.25, 0.3) is 0 Å². The molecule has 3 amide bonds. The Hall–Kier alpha value is -4.45. The van der Waals surface area contributed by atoms with Crippen molar-refractivity contribution in [3.63, 3.8) is 0 Å². The molecule has 1 aliphatic carbocycles. The highest BCUT2D eigenvalue weighted by Gasteiger charge is 2.49. The average molecular weight is 546 g/mol. The number of amides is 3. The van der Waals surface area contributed by atoms with E-state index in [1.807, 2.05) is 61.7 Å². The molecule has 39 heavy (non-hydrogen) atoms. The molecule has 0 spiro atoms. The molecule has 1 aromatic carbocycles. The third-order valence-electron chi connectivity index (χ3n) is 6.74. The number of fused-ring (bicyclic) bond motifs is 3. The van der Waals surface area contributed by atoms with Gasteiger partial charge in [0.2, 0.25) is 11.8 Å². The zero-order chi connectivity index (χ0) is 27.4. The minimum Gasteiger partial charge on any atom is -0.476 e. The van der Waals surface area contributed by atoms with Crippen LogP contribution in [0.3, 0.4) is 0 Å². The molecular formula is C27H27N7O4S. The third kappa shape index (κ3) is 4.90. The van der Waals surface area contributed by atoms with Crippen LogP contribution in [0.4, 0.5) is 16.3 Å². The van der Waals surface area contributed by atoms with Crippen molar-refractivity contribution >= 4 is 50.1 Å². The van der Waals surface area contributed by atoms with E-state index in [-0.39, 0.29) is 17.9 Å². The first-order chi connectivity index (χ1) is 18.6. The molecule has 1 saturated carbocycles. The van der Waals surface area contributed by atoms with Crippen molar-refractivity contribution < 1.29 is 18.8 Å². The summed E-state index contributed by atoms with van der Waals surface area (Å²) < 4.78 is 13.1. The van der Waals surface area contributed by atoms with Gasteiger partial charge in [0.05, 0.1) is 16.6 Å². The Morgan fingerprint density at radius 1 is 1.13 bits per heavy atom. The monoisotopic (exact) mass is 545 g/mol. The van der Waals surface area contributed by atoms with E-state index in [4.69, 9.17) is 20.0 Å². The summed E-state index contributed by atoms with van der Waals surface area (Å²) in [5, 5.41) is 9.38. The molecule has 6 rings (SSSR count). The van der Waals surface area contributed by atoms with Crippen molar-refractivity contribution in [3.8, 4) is 17.1 Å². The van der Waals surface area contributed by atoms with E-state index >= 15 is 0 Å². The normalized spacial score (nSPS) is 14.4. The van der Waals surface area contributed by atoms with E-state index in [1.165, 1.54) is 11.3 Å². The molecule has 0 atom stereocenters. The largest absolute Gasteiger partial charge is 0.476 e. The first-order valence-electron chi connectivity index (χ1n) is 12.5. The predicted molar refractivity (Wildman–Crippen MR) is 148 cm³/mol. The highest BCUT2D eigenvalue weighted by molar-refractivity contribution is 7.23. The lowest BCUT2D eigenvalue weighted by molar-refractivity contribution is -0.124. The standard InChI is InChI=1S/C27H27N7O4S/c1-26(2,3)19-12-20(33-38-19)31-24(36)29-16-6-4-15(5-7-16)17-13-34-18-8-9-21(32-22(18)39-25(34)30-17)37-14-27(10-11-27)23(28)35/h4-9,12-13H,10-11,14H2,1-3H3,(H2,28,35)(H2,29,31,33,36). The fourth-order valence-corrected chi connectivity index (χ4v) is 5.08. The van der Waals surface area contributed by atoms with Gasteiger partial charge in [-0.25, -0.2) is 14.8 Å². The molecule has 1 aliphatic rings. The van der Waals surface area contributed by atoms with E-state index < -0.39 is 11.4 Å². The van der Waals surface area contributed by atoms with Crippen LogP contribution in [0.5, 0.6) is 5.88 Å². The van der Waals surface area contributed by atoms with Gasteiger partial charge in [-0.05, 0) is 31.0 Å². The SMILES string of the molecule is CC(C)(C)c1cc(NC(=O)Nc2ccc(-c3cn4c(n3)sc3nc(OCC5(C(N)=O)CC5)ccc34)cc2)no1. The number of carbonyl (C=O) groups is 2. The molecule has 200 valence electrons. The fraction of sp³-hybridized carbons (Fsp3) is 0.296. The lowest BCUT2D eigenvalue weighted by atomic mass is 9.93. The number of ether oxygens (including phenoxy) is 1. The van der Waals surface area contributed by atoms with Crippen LogP contribution in [-0.4, -0.2) is 38.1 Å². The molecule has 0 unspecified atom stereocenters. The summed E-state index contributed by atoms with van der Waals surface area (Å²) in [6.07, 6.45) is 3.46. The van der Waals surface area contributed by atoms with Gasteiger partial charge in [-0.2, -0.15) is 0 Å². The third-order valence-corrected chi connectivity index (χ3v) is 7.70. The first kappa shape index (κ1) is 24.9. The number of imidazole rings is 1. The molecule has 4 aromatic heterocycles.